The number of phosphoric ester groups is 1. The molecule has 316 valence electrons. The summed E-state index contributed by atoms with van der Waals surface area (Å²) in [7, 11) is -4.84. The molecule has 0 bridgehead atoms. The van der Waals surface area contributed by atoms with Gasteiger partial charge in [-0.25, -0.2) is 4.57 Å². The third kappa shape index (κ3) is 40.3. The van der Waals surface area contributed by atoms with Crippen LogP contribution < -0.4 is 0 Å². The smallest absolute Gasteiger partial charge is 0.462 e. The van der Waals surface area contributed by atoms with Gasteiger partial charge in [-0.3, -0.25) is 14.1 Å². The first kappa shape index (κ1) is 52.6. The van der Waals surface area contributed by atoms with Gasteiger partial charge in [-0.2, -0.15) is 0 Å². The first-order valence-electron chi connectivity index (χ1n) is 20.4. The summed E-state index contributed by atoms with van der Waals surface area (Å²) in [5, 5.41) is 20.0. The maximum atomic E-state index is 12.4. The zero-order chi connectivity index (χ0) is 41.4. The van der Waals surface area contributed by atoms with E-state index in [9.17, 15) is 24.4 Å². The van der Waals surface area contributed by atoms with Crippen LogP contribution in [0.25, 0.3) is 0 Å². The van der Waals surface area contributed by atoms with E-state index in [1.807, 2.05) is 48.6 Å². The number of unbranched alkanes of at least 4 members (excludes halogenated alkanes) is 5. The Balaban J connectivity index is 4.33. The SMILES string of the molecule is CCCCC/C=C\C/C=C\C/C=C\C/C=C\C/C=C\CCC(=O)O[C@H](COC(=O)CCC[C@@H](O)/C=C/C=C\C/C=C\C=C\[C@@H](O)CCCCC)COP(=O)(O)O. The van der Waals surface area contributed by atoms with Gasteiger partial charge in [0.1, 0.15) is 6.61 Å². The highest BCUT2D eigenvalue weighted by atomic mass is 31.2. The minimum Gasteiger partial charge on any atom is -0.462 e. The molecule has 0 heterocycles. The average molecular weight is 803 g/mol. The van der Waals surface area contributed by atoms with Gasteiger partial charge in [0.05, 0.1) is 18.8 Å². The van der Waals surface area contributed by atoms with Gasteiger partial charge in [0.2, 0.25) is 0 Å². The van der Waals surface area contributed by atoms with Crippen molar-refractivity contribution in [1.29, 1.82) is 0 Å². The second-order valence-corrected chi connectivity index (χ2v) is 14.5. The van der Waals surface area contributed by atoms with Crippen LogP contribution in [0.15, 0.2) is 109 Å². The Morgan fingerprint density at radius 3 is 1.57 bits per heavy atom. The van der Waals surface area contributed by atoms with E-state index in [-0.39, 0.29) is 12.8 Å². The second-order valence-electron chi connectivity index (χ2n) is 13.3. The predicted molar refractivity (Wildman–Crippen MR) is 228 cm³/mol. The fourth-order valence-electron chi connectivity index (χ4n) is 4.86. The van der Waals surface area contributed by atoms with Crippen LogP contribution >= 0.6 is 7.82 Å². The first-order valence-corrected chi connectivity index (χ1v) is 21.9. The quantitative estimate of drug-likeness (QED) is 0.0160. The summed E-state index contributed by atoms with van der Waals surface area (Å²) in [6.07, 6.45) is 47.5. The molecule has 0 saturated carbocycles. The number of phosphoric acid groups is 1. The van der Waals surface area contributed by atoms with E-state index >= 15 is 0 Å². The zero-order valence-corrected chi connectivity index (χ0v) is 34.8. The van der Waals surface area contributed by atoms with Crippen LogP contribution in [0.2, 0.25) is 0 Å². The number of ether oxygens (including phenoxy) is 2. The Bertz CT molecular complexity index is 1300. The van der Waals surface area contributed by atoms with Crippen molar-refractivity contribution in [2.24, 2.45) is 0 Å². The summed E-state index contributed by atoms with van der Waals surface area (Å²) in [5.41, 5.74) is 0. The number of esters is 2. The van der Waals surface area contributed by atoms with Crippen molar-refractivity contribution in [2.45, 2.75) is 148 Å². The minimum absolute atomic E-state index is 0.00337. The van der Waals surface area contributed by atoms with Crippen molar-refractivity contribution in [1.82, 2.24) is 0 Å². The van der Waals surface area contributed by atoms with E-state index in [0.29, 0.717) is 25.7 Å². The molecule has 3 atom stereocenters. The number of rotatable bonds is 35. The zero-order valence-electron chi connectivity index (χ0n) is 34.0. The van der Waals surface area contributed by atoms with Gasteiger partial charge in [-0.05, 0) is 70.6 Å². The molecule has 0 aliphatic heterocycles. The van der Waals surface area contributed by atoms with Crippen LogP contribution in [-0.4, -0.2) is 63.5 Å². The summed E-state index contributed by atoms with van der Waals surface area (Å²) in [5.74, 6) is -1.22. The van der Waals surface area contributed by atoms with Gasteiger partial charge in [-0.15, -0.1) is 0 Å². The van der Waals surface area contributed by atoms with Gasteiger partial charge in [0, 0.05) is 12.8 Å². The summed E-state index contributed by atoms with van der Waals surface area (Å²) in [6.45, 7) is 3.28. The number of aliphatic hydroxyl groups is 2. The molecule has 0 amide bonds. The normalized spacial score (nSPS) is 14.8. The molecule has 0 aliphatic rings. The highest BCUT2D eigenvalue weighted by Crippen LogP contribution is 2.35. The predicted octanol–water partition coefficient (Wildman–Crippen LogP) is 10.3. The van der Waals surface area contributed by atoms with Crippen molar-refractivity contribution < 1.29 is 48.2 Å². The Morgan fingerprint density at radius 1 is 0.554 bits per heavy atom. The average Bonchev–Trinajstić information content (AvgIpc) is 3.15. The van der Waals surface area contributed by atoms with E-state index in [1.54, 1.807) is 18.2 Å². The number of hydrogen-bond donors (Lipinski definition) is 4. The number of carbonyl (C=O) groups excluding carboxylic acids is 2. The number of carbonyl (C=O) groups is 2. The molecule has 0 radical (unpaired) electrons. The standard InChI is InChI=1S/C45H71O10P/c1-3-5-7-8-9-10-11-12-13-14-15-16-17-18-19-20-24-27-31-37-45(49)55-43(40-54-56(50,51)52)39-53-44(48)38-32-36-42(47)35-30-26-23-21-22-25-29-34-41(46)33-28-6-4-2/h9-10,12-13,15-16,18-19,22-27,29-30,34-35,41-43,46-47H,3-8,11,14,17,20-21,28,31-33,36-40H2,1-2H3,(H2,50,51,52)/b10-9-,13-12-,16-15-,19-18-,25-22-,26-23-,27-24-,34-29+,35-30+/t41-,42-,43+/m0/s1. The molecule has 56 heavy (non-hydrogen) atoms. The Hall–Kier alpha value is -3.37. The molecule has 0 aliphatic carbocycles. The maximum Gasteiger partial charge on any atom is 0.469 e. The molecule has 10 nitrogen and oxygen atoms in total. The molecular weight excluding hydrogens is 731 g/mol. The largest absolute Gasteiger partial charge is 0.469 e. The van der Waals surface area contributed by atoms with Crippen LogP contribution in [0.1, 0.15) is 129 Å². The van der Waals surface area contributed by atoms with Crippen LogP contribution in [0.5, 0.6) is 0 Å². The Kier molecular flexibility index (Phi) is 36.2. The van der Waals surface area contributed by atoms with Crippen LogP contribution in [0.4, 0.5) is 0 Å². The third-order valence-electron chi connectivity index (χ3n) is 7.99. The lowest BCUT2D eigenvalue weighted by Crippen LogP contribution is -2.29. The van der Waals surface area contributed by atoms with Gasteiger partial charge >= 0.3 is 19.8 Å². The number of aliphatic hydroxyl groups excluding tert-OH is 2. The molecule has 0 fully saturated rings. The van der Waals surface area contributed by atoms with Crippen molar-refractivity contribution in [3.63, 3.8) is 0 Å². The van der Waals surface area contributed by atoms with Gasteiger partial charge in [0.25, 0.3) is 0 Å². The van der Waals surface area contributed by atoms with E-state index in [0.717, 1.165) is 57.8 Å². The lowest BCUT2D eigenvalue weighted by molar-refractivity contribution is -0.161. The van der Waals surface area contributed by atoms with Crippen LogP contribution in [0, 0.1) is 0 Å². The third-order valence-corrected chi connectivity index (χ3v) is 8.47. The van der Waals surface area contributed by atoms with Crippen LogP contribution in [0.3, 0.4) is 0 Å². The lowest BCUT2D eigenvalue weighted by atomic mass is 10.1. The fourth-order valence-corrected chi connectivity index (χ4v) is 5.22. The van der Waals surface area contributed by atoms with E-state index in [2.05, 4.69) is 60.9 Å². The molecule has 0 spiro atoms. The molecule has 11 heteroatoms. The molecular formula is C45H71O10P. The van der Waals surface area contributed by atoms with Crippen molar-refractivity contribution in [2.75, 3.05) is 13.2 Å². The van der Waals surface area contributed by atoms with Crippen molar-refractivity contribution >= 4 is 19.8 Å². The minimum atomic E-state index is -4.84. The highest BCUT2D eigenvalue weighted by Gasteiger charge is 2.22. The maximum absolute atomic E-state index is 12.4. The molecule has 4 N–H and O–H groups in total. The molecule has 0 aromatic carbocycles. The van der Waals surface area contributed by atoms with Gasteiger partial charge in [-0.1, -0.05) is 155 Å². The molecule has 0 unspecified atom stereocenters. The van der Waals surface area contributed by atoms with Crippen molar-refractivity contribution in [3.8, 4) is 0 Å². The molecule has 0 saturated heterocycles. The molecule has 0 aromatic heterocycles. The van der Waals surface area contributed by atoms with Crippen molar-refractivity contribution in [3.05, 3.63) is 109 Å². The number of allylic oxidation sites excluding steroid dienone is 16. The van der Waals surface area contributed by atoms with E-state index in [1.165, 1.54) is 19.3 Å². The summed E-state index contributed by atoms with van der Waals surface area (Å²) >= 11 is 0. The first-order chi connectivity index (χ1) is 27.1. The second kappa shape index (κ2) is 38.5. The molecule has 0 aromatic rings. The lowest BCUT2D eigenvalue weighted by Gasteiger charge is -2.18. The van der Waals surface area contributed by atoms with E-state index in [4.69, 9.17) is 19.3 Å². The number of hydrogen-bond acceptors (Lipinski definition) is 8. The monoisotopic (exact) mass is 802 g/mol. The topological polar surface area (TPSA) is 160 Å². The van der Waals surface area contributed by atoms with Gasteiger partial charge < -0.3 is 29.5 Å². The Morgan fingerprint density at radius 2 is 1.04 bits per heavy atom. The van der Waals surface area contributed by atoms with E-state index < -0.39 is 51.3 Å². The Labute approximate surface area is 337 Å². The fraction of sp³-hybridized carbons (Fsp3) is 0.556. The van der Waals surface area contributed by atoms with Gasteiger partial charge in [0.15, 0.2) is 6.10 Å². The molecule has 0 rings (SSSR count). The summed E-state index contributed by atoms with van der Waals surface area (Å²) in [4.78, 5) is 42.8. The highest BCUT2D eigenvalue weighted by molar-refractivity contribution is 7.46. The van der Waals surface area contributed by atoms with Crippen LogP contribution in [-0.2, 0) is 28.2 Å². The summed E-state index contributed by atoms with van der Waals surface area (Å²) in [6, 6.07) is 0. The summed E-state index contributed by atoms with van der Waals surface area (Å²) < 4.78 is 26.1.